The molecular weight excluding hydrogens is 375 g/mol. The highest BCUT2D eigenvalue weighted by Gasteiger charge is 2.31. The molecule has 1 saturated carbocycles. The van der Waals surface area contributed by atoms with E-state index in [1.165, 1.54) is 49.2 Å². The summed E-state index contributed by atoms with van der Waals surface area (Å²) in [5, 5.41) is 0. The zero-order valence-electron chi connectivity index (χ0n) is 16.6. The van der Waals surface area contributed by atoms with Gasteiger partial charge in [0.1, 0.15) is 0 Å². The second-order valence-electron chi connectivity index (χ2n) is 8.47. The van der Waals surface area contributed by atoms with E-state index in [1.807, 2.05) is 0 Å². The van der Waals surface area contributed by atoms with Crippen molar-refractivity contribution in [1.82, 2.24) is 4.90 Å². The Balaban J connectivity index is 1.16. The average Bonchev–Trinajstić information content (AvgIpc) is 3.17. The van der Waals surface area contributed by atoms with Crippen molar-refractivity contribution < 1.29 is 17.9 Å². The van der Waals surface area contributed by atoms with Crippen LogP contribution in [0.15, 0.2) is 48.5 Å². The number of halogens is 3. The van der Waals surface area contributed by atoms with Crippen molar-refractivity contribution in [2.45, 2.75) is 50.9 Å². The Labute approximate surface area is 170 Å². The van der Waals surface area contributed by atoms with Gasteiger partial charge in [-0.15, -0.1) is 0 Å². The molecule has 1 heterocycles. The lowest BCUT2D eigenvalue weighted by Gasteiger charge is -2.35. The summed E-state index contributed by atoms with van der Waals surface area (Å²) in [5.41, 5.74) is 2.97. The fourth-order valence-electron chi connectivity index (χ4n) is 4.37. The van der Waals surface area contributed by atoms with Crippen LogP contribution in [-0.2, 0) is 24.1 Å². The summed E-state index contributed by atoms with van der Waals surface area (Å²) in [4.78, 5) is 2.52. The van der Waals surface area contributed by atoms with Gasteiger partial charge in [-0.05, 0) is 79.4 Å². The molecule has 0 radical (unpaired) electrons. The summed E-state index contributed by atoms with van der Waals surface area (Å²) in [5.74, 6) is 1.15. The Kier molecular flexibility index (Phi) is 6.26. The van der Waals surface area contributed by atoms with Gasteiger partial charge in [0.2, 0.25) is 0 Å². The van der Waals surface area contributed by atoms with Gasteiger partial charge in [-0.25, -0.2) is 0 Å². The highest BCUT2D eigenvalue weighted by Crippen LogP contribution is 2.41. The standard InChI is InChI=1S/C24H28F3NO/c25-24(26,27)23-9-5-19(6-10-23)16-29-17-20-13-22(14-20)21-7-3-18(4-8-21)15-28-11-1-2-12-28/h3-10,20,22H,1-2,11-17H2. The molecule has 0 amide bonds. The molecule has 29 heavy (non-hydrogen) atoms. The maximum atomic E-state index is 12.6. The molecule has 156 valence electrons. The van der Waals surface area contributed by atoms with Crippen LogP contribution >= 0.6 is 0 Å². The van der Waals surface area contributed by atoms with Crippen molar-refractivity contribution in [3.8, 4) is 0 Å². The maximum Gasteiger partial charge on any atom is 0.416 e. The van der Waals surface area contributed by atoms with Crippen LogP contribution in [0.4, 0.5) is 13.2 Å². The molecule has 0 aromatic heterocycles. The molecule has 1 saturated heterocycles. The lowest BCUT2D eigenvalue weighted by Crippen LogP contribution is -2.26. The summed E-state index contributed by atoms with van der Waals surface area (Å²) in [7, 11) is 0. The first-order chi connectivity index (χ1) is 14.0. The number of hydrogen-bond donors (Lipinski definition) is 0. The Morgan fingerprint density at radius 3 is 2.10 bits per heavy atom. The second-order valence-corrected chi connectivity index (χ2v) is 8.47. The van der Waals surface area contributed by atoms with E-state index in [0.717, 1.165) is 37.1 Å². The summed E-state index contributed by atoms with van der Waals surface area (Å²) < 4.78 is 43.5. The number of rotatable bonds is 7. The van der Waals surface area contributed by atoms with Gasteiger partial charge in [0.25, 0.3) is 0 Å². The molecule has 2 aliphatic rings. The molecule has 0 bridgehead atoms. The summed E-state index contributed by atoms with van der Waals surface area (Å²) in [6.45, 7) is 4.54. The van der Waals surface area contributed by atoms with E-state index < -0.39 is 11.7 Å². The summed E-state index contributed by atoms with van der Waals surface area (Å²) in [6.07, 6.45) is 0.606. The summed E-state index contributed by atoms with van der Waals surface area (Å²) >= 11 is 0. The fourth-order valence-corrected chi connectivity index (χ4v) is 4.37. The van der Waals surface area contributed by atoms with Gasteiger partial charge < -0.3 is 4.74 Å². The normalized spacial score (nSPS) is 22.6. The molecule has 0 spiro atoms. The Morgan fingerprint density at radius 2 is 1.48 bits per heavy atom. The largest absolute Gasteiger partial charge is 0.416 e. The number of hydrogen-bond acceptors (Lipinski definition) is 2. The van der Waals surface area contributed by atoms with Gasteiger partial charge in [0, 0.05) is 13.2 Å². The minimum atomic E-state index is -4.29. The Bertz CT molecular complexity index is 773. The minimum absolute atomic E-state index is 0.366. The molecule has 5 heteroatoms. The SMILES string of the molecule is FC(F)(F)c1ccc(COCC2CC(c3ccc(CN4CCCC4)cc3)C2)cc1. The van der Waals surface area contributed by atoms with Crippen molar-refractivity contribution in [2.24, 2.45) is 5.92 Å². The number of nitrogens with zero attached hydrogens (tertiary/aromatic N) is 1. The molecule has 2 nitrogen and oxygen atoms in total. The maximum absolute atomic E-state index is 12.6. The van der Waals surface area contributed by atoms with Crippen LogP contribution in [0.3, 0.4) is 0 Å². The highest BCUT2D eigenvalue weighted by molar-refractivity contribution is 5.27. The van der Waals surface area contributed by atoms with E-state index in [2.05, 4.69) is 29.2 Å². The third kappa shape index (κ3) is 5.40. The van der Waals surface area contributed by atoms with Crippen LogP contribution in [-0.4, -0.2) is 24.6 Å². The molecule has 2 aromatic rings. The van der Waals surface area contributed by atoms with E-state index in [9.17, 15) is 13.2 Å². The van der Waals surface area contributed by atoms with E-state index in [0.29, 0.717) is 25.0 Å². The van der Waals surface area contributed by atoms with Crippen LogP contribution < -0.4 is 0 Å². The highest BCUT2D eigenvalue weighted by atomic mass is 19.4. The van der Waals surface area contributed by atoms with E-state index in [-0.39, 0.29) is 0 Å². The Morgan fingerprint density at radius 1 is 0.862 bits per heavy atom. The van der Waals surface area contributed by atoms with Crippen LogP contribution in [0.2, 0.25) is 0 Å². The van der Waals surface area contributed by atoms with Gasteiger partial charge in [0.05, 0.1) is 12.2 Å². The fraction of sp³-hybridized carbons (Fsp3) is 0.500. The first-order valence-electron chi connectivity index (χ1n) is 10.5. The van der Waals surface area contributed by atoms with Gasteiger partial charge in [-0.1, -0.05) is 36.4 Å². The number of likely N-dealkylation sites (tertiary alicyclic amines) is 1. The minimum Gasteiger partial charge on any atom is -0.376 e. The average molecular weight is 403 g/mol. The van der Waals surface area contributed by atoms with Crippen LogP contribution in [0.25, 0.3) is 0 Å². The van der Waals surface area contributed by atoms with Gasteiger partial charge in [-0.3, -0.25) is 4.90 Å². The van der Waals surface area contributed by atoms with E-state index in [4.69, 9.17) is 4.74 Å². The third-order valence-corrected chi connectivity index (χ3v) is 6.20. The molecule has 1 aliphatic carbocycles. The van der Waals surface area contributed by atoms with Gasteiger partial charge in [-0.2, -0.15) is 13.2 Å². The van der Waals surface area contributed by atoms with Crippen molar-refractivity contribution in [3.05, 3.63) is 70.8 Å². The smallest absolute Gasteiger partial charge is 0.376 e. The predicted molar refractivity (Wildman–Crippen MR) is 108 cm³/mol. The van der Waals surface area contributed by atoms with Gasteiger partial charge in [0.15, 0.2) is 0 Å². The van der Waals surface area contributed by atoms with Crippen molar-refractivity contribution >= 4 is 0 Å². The second kappa shape index (κ2) is 8.88. The van der Waals surface area contributed by atoms with Crippen molar-refractivity contribution in [3.63, 3.8) is 0 Å². The van der Waals surface area contributed by atoms with Crippen LogP contribution in [0, 0.1) is 5.92 Å². The number of alkyl halides is 3. The topological polar surface area (TPSA) is 12.5 Å². The zero-order chi connectivity index (χ0) is 20.3. The molecular formula is C24H28F3NO. The number of ether oxygens (including phenoxy) is 1. The van der Waals surface area contributed by atoms with Crippen LogP contribution in [0.1, 0.15) is 53.9 Å². The summed E-state index contributed by atoms with van der Waals surface area (Å²) in [6, 6.07) is 14.3. The lowest BCUT2D eigenvalue weighted by molar-refractivity contribution is -0.137. The first-order valence-corrected chi connectivity index (χ1v) is 10.5. The molecule has 0 N–H and O–H groups in total. The van der Waals surface area contributed by atoms with Crippen molar-refractivity contribution in [2.75, 3.05) is 19.7 Å². The van der Waals surface area contributed by atoms with Crippen molar-refractivity contribution in [1.29, 1.82) is 0 Å². The third-order valence-electron chi connectivity index (χ3n) is 6.20. The quantitative estimate of drug-likeness (QED) is 0.561. The van der Waals surface area contributed by atoms with E-state index in [1.54, 1.807) is 0 Å². The first kappa shape index (κ1) is 20.4. The van der Waals surface area contributed by atoms with Gasteiger partial charge >= 0.3 is 6.18 Å². The molecule has 2 fully saturated rings. The molecule has 4 rings (SSSR count). The van der Waals surface area contributed by atoms with E-state index >= 15 is 0 Å². The zero-order valence-corrected chi connectivity index (χ0v) is 16.6. The lowest BCUT2D eigenvalue weighted by atomic mass is 9.72. The molecule has 2 aromatic carbocycles. The monoisotopic (exact) mass is 403 g/mol. The molecule has 0 atom stereocenters. The van der Waals surface area contributed by atoms with Crippen LogP contribution in [0.5, 0.6) is 0 Å². The number of benzene rings is 2. The molecule has 0 unspecified atom stereocenters. The molecule has 1 aliphatic heterocycles. The Hall–Kier alpha value is -1.85. The predicted octanol–water partition coefficient (Wildman–Crippen LogP) is 6.01.